The van der Waals surface area contributed by atoms with Gasteiger partial charge in [0.1, 0.15) is 0 Å². The van der Waals surface area contributed by atoms with Crippen LogP contribution >= 0.6 is 0 Å². The fourth-order valence-corrected chi connectivity index (χ4v) is 2.87. The summed E-state index contributed by atoms with van der Waals surface area (Å²) < 4.78 is 32.0. The van der Waals surface area contributed by atoms with E-state index < -0.39 is 11.9 Å². The number of carbonyl (C=O) groups excluding carboxylic acids is 1. The van der Waals surface area contributed by atoms with Gasteiger partial charge in [-0.05, 0) is 35.4 Å². The second-order valence-electron chi connectivity index (χ2n) is 7.14. The maximum Gasteiger partial charge on any atom is 0.337 e. The van der Waals surface area contributed by atoms with Crippen molar-refractivity contribution in [2.75, 3.05) is 59.5 Å². The quantitative estimate of drug-likeness (QED) is 0.144. The highest BCUT2D eigenvalue weighted by molar-refractivity contribution is 6.05. The van der Waals surface area contributed by atoms with Crippen LogP contribution in [0.25, 0.3) is 11.1 Å². The Hall–Kier alpha value is -3.70. The Labute approximate surface area is 210 Å². The van der Waals surface area contributed by atoms with Gasteiger partial charge in [0.2, 0.25) is 5.91 Å². The first-order chi connectivity index (χ1) is 17.5. The number of rotatable bonds is 17. The minimum absolute atomic E-state index is 0.0124. The molecule has 0 aliphatic heterocycles. The van der Waals surface area contributed by atoms with Gasteiger partial charge in [0.05, 0.1) is 37.7 Å². The van der Waals surface area contributed by atoms with Crippen LogP contribution in [-0.2, 0) is 23.7 Å². The summed E-state index contributed by atoms with van der Waals surface area (Å²) in [7, 11) is 3.15. The molecule has 2 rings (SSSR count). The lowest BCUT2D eigenvalue weighted by Gasteiger charge is -2.15. The first-order valence-corrected chi connectivity index (χ1v) is 11.0. The number of hydrogen-bond acceptors (Lipinski definition) is 8. The molecule has 0 fully saturated rings. The van der Waals surface area contributed by atoms with Crippen LogP contribution in [0.2, 0.25) is 0 Å². The molecule has 2 N–H and O–H groups in total. The standard InChI is InChI=1S/C26H31NO9/c1-4-5-6-25(28)27-22-9-7-19(15-21(22)26(29)30)20-8-10-23(35-17-33-13-11-31-2)24(16-20)36-18-34-14-12-32-3/h4-10,15-16H,1,11-14,17-18H2,2-3H3,(H,27,28)(H,29,30). The lowest BCUT2D eigenvalue weighted by Crippen LogP contribution is -2.12. The molecule has 2 aromatic carbocycles. The van der Waals surface area contributed by atoms with Crippen LogP contribution in [0.4, 0.5) is 5.69 Å². The molecule has 10 heteroatoms. The molecule has 0 aromatic heterocycles. The molecule has 2 aromatic rings. The van der Waals surface area contributed by atoms with Gasteiger partial charge in [0.25, 0.3) is 0 Å². The Balaban J connectivity index is 2.27. The molecular formula is C26H31NO9. The summed E-state index contributed by atoms with van der Waals surface area (Å²) in [6.07, 6.45) is 4.15. The highest BCUT2D eigenvalue weighted by Crippen LogP contribution is 2.34. The molecule has 0 spiro atoms. The molecule has 36 heavy (non-hydrogen) atoms. The van der Waals surface area contributed by atoms with Gasteiger partial charge in [-0.25, -0.2) is 4.79 Å². The maximum absolute atomic E-state index is 12.0. The van der Waals surface area contributed by atoms with Crippen molar-refractivity contribution in [1.29, 1.82) is 0 Å². The van der Waals surface area contributed by atoms with E-state index in [1.165, 1.54) is 30.4 Å². The third-order valence-corrected chi connectivity index (χ3v) is 4.63. The first kappa shape index (κ1) is 28.5. The summed E-state index contributed by atoms with van der Waals surface area (Å²) >= 11 is 0. The molecule has 194 valence electrons. The molecule has 0 heterocycles. The van der Waals surface area contributed by atoms with Crippen LogP contribution in [0.3, 0.4) is 0 Å². The van der Waals surface area contributed by atoms with E-state index in [0.29, 0.717) is 49.1 Å². The lowest BCUT2D eigenvalue weighted by molar-refractivity contribution is -0.111. The van der Waals surface area contributed by atoms with Crippen LogP contribution in [0.15, 0.2) is 61.2 Å². The Morgan fingerprint density at radius 1 is 0.889 bits per heavy atom. The number of anilines is 1. The van der Waals surface area contributed by atoms with Gasteiger partial charge in [-0.2, -0.15) is 0 Å². The fourth-order valence-electron chi connectivity index (χ4n) is 2.87. The topological polar surface area (TPSA) is 122 Å². The van der Waals surface area contributed by atoms with E-state index in [-0.39, 0.29) is 24.8 Å². The number of carboxylic acid groups (broad SMARTS) is 1. The fraction of sp³-hybridized carbons (Fsp3) is 0.308. The number of amides is 1. The van der Waals surface area contributed by atoms with Crippen LogP contribution in [0.1, 0.15) is 10.4 Å². The van der Waals surface area contributed by atoms with Gasteiger partial charge in [-0.3, -0.25) is 4.79 Å². The number of benzene rings is 2. The number of nitrogens with one attached hydrogen (secondary N) is 1. The van der Waals surface area contributed by atoms with E-state index in [1.807, 2.05) is 0 Å². The SMILES string of the molecule is C=CC=CC(=O)Nc1ccc(-c2ccc(OCOCCOC)c(OCOCCOC)c2)cc1C(=O)O. The third kappa shape index (κ3) is 9.51. The predicted molar refractivity (Wildman–Crippen MR) is 133 cm³/mol. The zero-order valence-electron chi connectivity index (χ0n) is 20.4. The summed E-state index contributed by atoms with van der Waals surface area (Å²) in [5, 5.41) is 12.3. The number of aromatic carboxylic acids is 1. The van der Waals surface area contributed by atoms with Crippen LogP contribution in [0.5, 0.6) is 11.5 Å². The highest BCUT2D eigenvalue weighted by atomic mass is 16.7. The number of ether oxygens (including phenoxy) is 6. The second-order valence-corrected chi connectivity index (χ2v) is 7.14. The van der Waals surface area contributed by atoms with Gasteiger partial charge in [0.15, 0.2) is 25.1 Å². The maximum atomic E-state index is 12.0. The Morgan fingerprint density at radius 3 is 2.11 bits per heavy atom. The molecule has 0 aliphatic carbocycles. The minimum atomic E-state index is -1.18. The van der Waals surface area contributed by atoms with E-state index in [0.717, 1.165) is 0 Å². The zero-order valence-corrected chi connectivity index (χ0v) is 20.4. The predicted octanol–water partition coefficient (Wildman–Crippen LogP) is 3.73. The molecule has 0 unspecified atom stereocenters. The monoisotopic (exact) mass is 501 g/mol. The molecular weight excluding hydrogens is 470 g/mol. The summed E-state index contributed by atoms with van der Waals surface area (Å²) in [6.45, 7) is 5.02. The number of methoxy groups -OCH3 is 2. The number of hydrogen-bond donors (Lipinski definition) is 2. The van der Waals surface area contributed by atoms with Gasteiger partial charge in [-0.1, -0.05) is 30.9 Å². The van der Waals surface area contributed by atoms with Crippen molar-refractivity contribution >= 4 is 17.6 Å². The average Bonchev–Trinajstić information content (AvgIpc) is 2.88. The minimum Gasteiger partial charge on any atom is -0.478 e. The number of carbonyl (C=O) groups is 2. The molecule has 1 amide bonds. The van der Waals surface area contributed by atoms with Crippen molar-refractivity contribution in [1.82, 2.24) is 0 Å². The summed E-state index contributed by atoms with van der Waals surface area (Å²) in [5.74, 6) is -0.855. The Bertz CT molecular complexity index is 1040. The average molecular weight is 502 g/mol. The summed E-state index contributed by atoms with van der Waals surface area (Å²) in [4.78, 5) is 23.9. The molecule has 0 saturated heterocycles. The van der Waals surface area contributed by atoms with Gasteiger partial charge < -0.3 is 38.8 Å². The molecule has 0 aliphatic rings. The number of carboxylic acids is 1. The van der Waals surface area contributed by atoms with Crippen molar-refractivity contribution in [2.24, 2.45) is 0 Å². The molecule has 0 radical (unpaired) electrons. The van der Waals surface area contributed by atoms with E-state index in [1.54, 1.807) is 38.5 Å². The van der Waals surface area contributed by atoms with Crippen LogP contribution in [-0.4, -0.2) is 71.2 Å². The second kappa shape index (κ2) is 16.1. The zero-order chi connectivity index (χ0) is 26.2. The van der Waals surface area contributed by atoms with Gasteiger partial charge >= 0.3 is 5.97 Å². The van der Waals surface area contributed by atoms with Crippen molar-refractivity contribution in [3.8, 4) is 22.6 Å². The van der Waals surface area contributed by atoms with Crippen LogP contribution < -0.4 is 14.8 Å². The molecule has 0 atom stereocenters. The molecule has 0 saturated carbocycles. The number of allylic oxidation sites excluding steroid dienone is 2. The Kier molecular flexibility index (Phi) is 12.7. The van der Waals surface area contributed by atoms with Crippen molar-refractivity contribution in [2.45, 2.75) is 0 Å². The van der Waals surface area contributed by atoms with E-state index in [4.69, 9.17) is 28.4 Å². The summed E-state index contributed by atoms with van der Waals surface area (Å²) in [5.41, 5.74) is 1.37. The van der Waals surface area contributed by atoms with Crippen molar-refractivity contribution in [3.05, 3.63) is 66.8 Å². The largest absolute Gasteiger partial charge is 0.478 e. The normalized spacial score (nSPS) is 10.8. The molecule has 10 nitrogen and oxygen atoms in total. The molecule has 0 bridgehead atoms. The lowest BCUT2D eigenvalue weighted by atomic mass is 10.0. The van der Waals surface area contributed by atoms with Crippen molar-refractivity contribution < 1.29 is 43.1 Å². The highest BCUT2D eigenvalue weighted by Gasteiger charge is 2.15. The van der Waals surface area contributed by atoms with Crippen molar-refractivity contribution in [3.63, 3.8) is 0 Å². The smallest absolute Gasteiger partial charge is 0.337 e. The van der Waals surface area contributed by atoms with Gasteiger partial charge in [-0.15, -0.1) is 0 Å². The first-order valence-electron chi connectivity index (χ1n) is 11.0. The van der Waals surface area contributed by atoms with E-state index >= 15 is 0 Å². The summed E-state index contributed by atoms with van der Waals surface area (Å²) in [6, 6.07) is 9.85. The van der Waals surface area contributed by atoms with E-state index in [2.05, 4.69) is 11.9 Å². The van der Waals surface area contributed by atoms with Gasteiger partial charge in [0, 0.05) is 20.3 Å². The Morgan fingerprint density at radius 2 is 1.50 bits per heavy atom. The van der Waals surface area contributed by atoms with E-state index in [9.17, 15) is 14.7 Å². The van der Waals surface area contributed by atoms with Crippen LogP contribution in [0, 0.1) is 0 Å². The third-order valence-electron chi connectivity index (χ3n) is 4.63.